The fourth-order valence-corrected chi connectivity index (χ4v) is 3.82. The Bertz CT molecular complexity index is 1420. The van der Waals surface area contributed by atoms with Gasteiger partial charge in [-0.05, 0) is 12.1 Å². The molecule has 1 saturated heterocycles. The third-order valence-corrected chi connectivity index (χ3v) is 5.67. The number of carbonyl (C=O) groups excluding carboxylic acids is 1. The molecule has 0 radical (unpaired) electrons. The first-order chi connectivity index (χ1) is 17.7. The van der Waals surface area contributed by atoms with Crippen molar-refractivity contribution in [1.29, 1.82) is 0 Å². The molecule has 1 aliphatic heterocycles. The number of amides is 1. The molecule has 0 spiro atoms. The van der Waals surface area contributed by atoms with Crippen LogP contribution in [0.3, 0.4) is 0 Å². The first-order valence-corrected chi connectivity index (χ1v) is 11.1. The van der Waals surface area contributed by atoms with Crippen LogP contribution in [0.2, 0.25) is 0 Å². The van der Waals surface area contributed by atoms with Crippen LogP contribution in [0, 0.1) is 0 Å². The third kappa shape index (κ3) is 4.68. The quantitative estimate of drug-likeness (QED) is 0.258. The number of aliphatic hydroxyl groups is 2. The van der Waals surface area contributed by atoms with E-state index in [-0.39, 0.29) is 22.9 Å². The Hall–Kier alpha value is -4.15. The summed E-state index contributed by atoms with van der Waals surface area (Å²) in [6, 6.07) is 3.47. The summed E-state index contributed by atoms with van der Waals surface area (Å²) in [5.74, 6) is -3.76. The van der Waals surface area contributed by atoms with E-state index in [0.29, 0.717) is 5.69 Å². The van der Waals surface area contributed by atoms with Crippen LogP contribution >= 0.6 is 0 Å². The van der Waals surface area contributed by atoms with Gasteiger partial charge in [0.15, 0.2) is 29.3 Å². The normalized spacial score (nSPS) is 21.9. The van der Waals surface area contributed by atoms with Crippen molar-refractivity contribution in [2.24, 2.45) is 0 Å². The molecule has 5 rings (SSSR count). The summed E-state index contributed by atoms with van der Waals surface area (Å²) in [5.41, 5.74) is 1.38. The maximum Gasteiger partial charge on any atom is 0.262 e. The molecule has 1 aliphatic rings. The highest BCUT2D eigenvalue weighted by Crippen LogP contribution is 2.33. The van der Waals surface area contributed by atoms with E-state index in [9.17, 15) is 23.8 Å². The van der Waals surface area contributed by atoms with E-state index in [4.69, 9.17) is 4.74 Å². The van der Waals surface area contributed by atoms with E-state index in [2.05, 4.69) is 40.9 Å². The van der Waals surface area contributed by atoms with Gasteiger partial charge in [-0.1, -0.05) is 5.21 Å². The zero-order valence-corrected chi connectivity index (χ0v) is 19.5. The highest BCUT2D eigenvalue weighted by atomic mass is 19.3. The van der Waals surface area contributed by atoms with Crippen LogP contribution in [-0.2, 0) is 9.53 Å². The number of imidazole rings is 1. The molecule has 14 nitrogen and oxygen atoms in total. The molecule has 0 aliphatic carbocycles. The fraction of sp³-hybridized carbons (Fsp3) is 0.381. The van der Waals surface area contributed by atoms with Crippen LogP contribution in [-0.4, -0.2) is 93.4 Å². The second-order valence-corrected chi connectivity index (χ2v) is 8.45. The third-order valence-electron chi connectivity index (χ3n) is 5.67. The zero-order chi connectivity index (χ0) is 26.3. The minimum absolute atomic E-state index is 0.0304. The number of nitrogens with one attached hydrogen (secondary N) is 2. The molecule has 1 amide bonds. The van der Waals surface area contributed by atoms with E-state index in [1.54, 1.807) is 30.7 Å². The smallest absolute Gasteiger partial charge is 0.262 e. The average molecular weight is 516 g/mol. The van der Waals surface area contributed by atoms with Gasteiger partial charge in [0, 0.05) is 31.9 Å². The van der Waals surface area contributed by atoms with Crippen molar-refractivity contribution in [3.63, 3.8) is 0 Å². The summed E-state index contributed by atoms with van der Waals surface area (Å²) in [6.45, 7) is 0.00436. The molecule has 4 aromatic heterocycles. The van der Waals surface area contributed by atoms with Gasteiger partial charge < -0.3 is 25.6 Å². The first-order valence-electron chi connectivity index (χ1n) is 11.1. The molecular weight excluding hydrogens is 494 g/mol. The predicted octanol–water partition coefficient (Wildman–Crippen LogP) is -0.0987. The molecule has 0 bridgehead atoms. The standard InChI is InChI=1S/C21H22F2N10O4/c1-21(22,23)8-26-16-12-17(32(9-27-12)19-14(35)13(34)15(37-19)18(36)24-2)29-20(28-16)33-7-11(30-31-33)10-3-5-25-6-4-10/h3-7,9,13-15,19,34-35H,8H2,1-2H3,(H,24,36)(H,26,28,29)/t13-,14+,15-,19?/m0/s1. The van der Waals surface area contributed by atoms with Gasteiger partial charge in [0.2, 0.25) is 0 Å². The summed E-state index contributed by atoms with van der Waals surface area (Å²) < 4.78 is 35.4. The first kappa shape index (κ1) is 24.5. The minimum atomic E-state index is -3.06. The lowest BCUT2D eigenvalue weighted by Gasteiger charge is -2.17. The maximum absolute atomic E-state index is 13.6. The van der Waals surface area contributed by atoms with E-state index in [0.717, 1.165) is 12.5 Å². The molecule has 4 aromatic rings. The van der Waals surface area contributed by atoms with Gasteiger partial charge in [-0.2, -0.15) is 14.6 Å². The maximum atomic E-state index is 13.6. The van der Waals surface area contributed by atoms with Gasteiger partial charge >= 0.3 is 0 Å². The number of rotatable bonds is 7. The number of pyridine rings is 1. The topological polar surface area (TPSA) is 178 Å². The lowest BCUT2D eigenvalue weighted by molar-refractivity contribution is -0.137. The number of nitrogens with zero attached hydrogens (tertiary/aromatic N) is 8. The second-order valence-electron chi connectivity index (χ2n) is 8.45. The Kier molecular flexibility index (Phi) is 6.22. The van der Waals surface area contributed by atoms with Crippen LogP contribution in [0.15, 0.2) is 37.1 Å². The fourth-order valence-electron chi connectivity index (χ4n) is 3.82. The molecule has 1 unspecified atom stereocenters. The van der Waals surface area contributed by atoms with Crippen molar-refractivity contribution in [2.45, 2.75) is 37.4 Å². The SMILES string of the molecule is CNC(=O)[C@H]1OC(n2cnc3c(NCC(C)(F)F)nc(-n4cc(-c5ccncc5)nn4)nc32)[C@H](O)[C@@H]1O. The van der Waals surface area contributed by atoms with Crippen molar-refractivity contribution in [3.8, 4) is 17.2 Å². The number of hydrogen-bond donors (Lipinski definition) is 4. The number of fused-ring (bicyclic) bond motifs is 1. The number of carbonyl (C=O) groups is 1. The molecule has 5 heterocycles. The number of halogens is 2. The molecule has 37 heavy (non-hydrogen) atoms. The molecule has 0 saturated carbocycles. The molecule has 4 N–H and O–H groups in total. The van der Waals surface area contributed by atoms with Crippen molar-refractivity contribution in [2.75, 3.05) is 18.9 Å². The number of ether oxygens (including phenoxy) is 1. The van der Waals surface area contributed by atoms with Crippen molar-refractivity contribution in [1.82, 2.24) is 44.8 Å². The van der Waals surface area contributed by atoms with Crippen molar-refractivity contribution in [3.05, 3.63) is 37.1 Å². The summed E-state index contributed by atoms with van der Waals surface area (Å²) in [6.07, 6.45) is 0.326. The van der Waals surface area contributed by atoms with Crippen LogP contribution in [0.25, 0.3) is 28.4 Å². The zero-order valence-electron chi connectivity index (χ0n) is 19.5. The van der Waals surface area contributed by atoms with E-state index >= 15 is 0 Å². The Balaban J connectivity index is 1.58. The lowest BCUT2D eigenvalue weighted by Crippen LogP contribution is -2.41. The Morgan fingerprint density at radius 1 is 1.22 bits per heavy atom. The van der Waals surface area contributed by atoms with Crippen LogP contribution in [0.4, 0.5) is 14.6 Å². The van der Waals surface area contributed by atoms with Crippen LogP contribution < -0.4 is 10.6 Å². The van der Waals surface area contributed by atoms with E-state index < -0.39 is 42.9 Å². The number of aliphatic hydroxyl groups excluding tert-OH is 2. The van der Waals surface area contributed by atoms with Gasteiger partial charge in [-0.15, -0.1) is 5.10 Å². The molecule has 194 valence electrons. The summed E-state index contributed by atoms with van der Waals surface area (Å²) in [5, 5.41) is 34.0. The number of hydrogen-bond acceptors (Lipinski definition) is 11. The highest BCUT2D eigenvalue weighted by Gasteiger charge is 2.47. The molecular formula is C21H22F2N10O4. The minimum Gasteiger partial charge on any atom is -0.387 e. The lowest BCUT2D eigenvalue weighted by atomic mass is 10.1. The Morgan fingerprint density at radius 2 is 1.97 bits per heavy atom. The average Bonchev–Trinajstić information content (AvgIpc) is 3.61. The number of anilines is 1. The van der Waals surface area contributed by atoms with Gasteiger partial charge in [0.1, 0.15) is 17.9 Å². The largest absolute Gasteiger partial charge is 0.387 e. The van der Waals surface area contributed by atoms with Crippen LogP contribution in [0.5, 0.6) is 0 Å². The Morgan fingerprint density at radius 3 is 2.68 bits per heavy atom. The van der Waals surface area contributed by atoms with Crippen molar-refractivity contribution < 1.29 is 28.5 Å². The number of likely N-dealkylation sites (N-methyl/N-ethyl adjacent to an activating group) is 1. The second kappa shape index (κ2) is 9.38. The number of alkyl halides is 2. The predicted molar refractivity (Wildman–Crippen MR) is 123 cm³/mol. The molecule has 4 atom stereocenters. The van der Waals surface area contributed by atoms with Crippen LogP contribution in [0.1, 0.15) is 13.2 Å². The molecule has 0 aromatic carbocycles. The van der Waals surface area contributed by atoms with Gasteiger partial charge in [-0.25, -0.2) is 13.8 Å². The Labute approximate surface area is 207 Å². The summed E-state index contributed by atoms with van der Waals surface area (Å²) in [7, 11) is 1.37. The number of aromatic nitrogens is 8. The van der Waals surface area contributed by atoms with Gasteiger partial charge in [0.25, 0.3) is 17.8 Å². The molecule has 1 fully saturated rings. The summed E-state index contributed by atoms with van der Waals surface area (Å²) >= 11 is 0. The van der Waals surface area contributed by atoms with Gasteiger partial charge in [-0.3, -0.25) is 14.3 Å². The monoisotopic (exact) mass is 516 g/mol. The van der Waals surface area contributed by atoms with Crippen molar-refractivity contribution >= 4 is 22.9 Å². The highest BCUT2D eigenvalue weighted by molar-refractivity contribution is 5.84. The molecule has 16 heteroatoms. The van der Waals surface area contributed by atoms with E-state index in [1.807, 2.05) is 0 Å². The van der Waals surface area contributed by atoms with E-state index in [1.165, 1.54) is 22.6 Å². The van der Waals surface area contributed by atoms with Gasteiger partial charge in [0.05, 0.1) is 19.1 Å². The summed E-state index contributed by atoms with van der Waals surface area (Å²) in [4.78, 5) is 29.0.